The third-order valence-corrected chi connectivity index (χ3v) is 4.23. The molecule has 25 heavy (non-hydrogen) atoms. The molecule has 0 radical (unpaired) electrons. The standard InChI is InChI=1S/C17H19FN4O3/c1-11-6-12(16(23)24)9-21(8-11)17(25)20-13-7-19-22(10-13)15-5-3-2-4-14(15)18/h2-5,7,10-12H,6,8-9H2,1H3,(H,20,25)(H,23,24). The maximum Gasteiger partial charge on any atom is 0.321 e. The Kier molecular flexibility index (Phi) is 4.69. The van der Waals surface area contributed by atoms with Gasteiger partial charge in [0.1, 0.15) is 11.5 Å². The minimum Gasteiger partial charge on any atom is -0.481 e. The van der Waals surface area contributed by atoms with Gasteiger partial charge in [-0.15, -0.1) is 0 Å². The number of urea groups is 1. The quantitative estimate of drug-likeness (QED) is 0.894. The fourth-order valence-corrected chi connectivity index (χ4v) is 3.06. The number of rotatable bonds is 3. The van der Waals surface area contributed by atoms with Gasteiger partial charge in [-0.2, -0.15) is 5.10 Å². The number of carboxylic acids is 1. The average Bonchev–Trinajstić information content (AvgIpc) is 3.02. The Balaban J connectivity index is 1.69. The predicted octanol–water partition coefficient (Wildman–Crippen LogP) is 2.59. The second-order valence-electron chi connectivity index (χ2n) is 6.34. The van der Waals surface area contributed by atoms with Gasteiger partial charge in [-0.1, -0.05) is 19.1 Å². The van der Waals surface area contributed by atoms with Crippen LogP contribution in [-0.2, 0) is 4.79 Å². The Morgan fingerprint density at radius 1 is 1.32 bits per heavy atom. The summed E-state index contributed by atoms with van der Waals surface area (Å²) in [6, 6.07) is 5.81. The van der Waals surface area contributed by atoms with Crippen molar-refractivity contribution < 1.29 is 19.1 Å². The zero-order valence-corrected chi connectivity index (χ0v) is 13.7. The van der Waals surface area contributed by atoms with Crippen LogP contribution in [0.2, 0.25) is 0 Å². The van der Waals surface area contributed by atoms with Gasteiger partial charge >= 0.3 is 12.0 Å². The van der Waals surface area contributed by atoms with E-state index in [0.717, 1.165) is 0 Å². The van der Waals surface area contributed by atoms with E-state index in [1.807, 2.05) is 6.92 Å². The summed E-state index contributed by atoms with van der Waals surface area (Å²) < 4.78 is 15.1. The summed E-state index contributed by atoms with van der Waals surface area (Å²) in [5.74, 6) is -1.76. The van der Waals surface area contributed by atoms with Crippen LogP contribution >= 0.6 is 0 Å². The number of para-hydroxylation sites is 1. The van der Waals surface area contributed by atoms with Gasteiger partial charge < -0.3 is 15.3 Å². The molecule has 2 aromatic rings. The number of hydrogen-bond donors (Lipinski definition) is 2. The van der Waals surface area contributed by atoms with Crippen molar-refractivity contribution in [3.8, 4) is 5.69 Å². The Labute approximate surface area is 144 Å². The van der Waals surface area contributed by atoms with Crippen LogP contribution in [0.3, 0.4) is 0 Å². The van der Waals surface area contributed by atoms with E-state index < -0.39 is 17.7 Å². The maximum absolute atomic E-state index is 13.8. The highest BCUT2D eigenvalue weighted by Crippen LogP contribution is 2.23. The zero-order chi connectivity index (χ0) is 18.0. The predicted molar refractivity (Wildman–Crippen MR) is 89.0 cm³/mol. The number of benzene rings is 1. The van der Waals surface area contributed by atoms with Crippen molar-refractivity contribution in [2.45, 2.75) is 13.3 Å². The molecule has 3 rings (SSSR count). The Morgan fingerprint density at radius 2 is 2.08 bits per heavy atom. The van der Waals surface area contributed by atoms with Crippen LogP contribution in [0, 0.1) is 17.7 Å². The van der Waals surface area contributed by atoms with Gasteiger partial charge in [0, 0.05) is 13.1 Å². The van der Waals surface area contributed by atoms with Gasteiger partial charge in [0.25, 0.3) is 0 Å². The molecule has 0 bridgehead atoms. The zero-order valence-electron chi connectivity index (χ0n) is 13.7. The van der Waals surface area contributed by atoms with Crippen LogP contribution in [0.5, 0.6) is 0 Å². The molecule has 2 atom stereocenters. The molecule has 0 saturated carbocycles. The molecule has 0 aliphatic carbocycles. The largest absolute Gasteiger partial charge is 0.481 e. The molecule has 1 aliphatic heterocycles. The van der Waals surface area contributed by atoms with E-state index in [0.29, 0.717) is 18.7 Å². The molecule has 2 N–H and O–H groups in total. The molecule has 1 aliphatic rings. The van der Waals surface area contributed by atoms with Crippen LogP contribution in [0.1, 0.15) is 13.3 Å². The van der Waals surface area contributed by atoms with Crippen molar-refractivity contribution in [3.05, 3.63) is 42.5 Å². The Hall–Kier alpha value is -2.90. The molecule has 0 spiro atoms. The number of piperidine rings is 1. The van der Waals surface area contributed by atoms with Crippen LogP contribution in [-0.4, -0.2) is 44.9 Å². The van der Waals surface area contributed by atoms with E-state index in [4.69, 9.17) is 0 Å². The summed E-state index contributed by atoms with van der Waals surface area (Å²) in [6.07, 6.45) is 3.50. The van der Waals surface area contributed by atoms with Crippen molar-refractivity contribution in [2.75, 3.05) is 18.4 Å². The third-order valence-electron chi connectivity index (χ3n) is 4.23. The number of anilines is 1. The Morgan fingerprint density at radius 3 is 2.80 bits per heavy atom. The topological polar surface area (TPSA) is 87.5 Å². The first-order valence-corrected chi connectivity index (χ1v) is 8.02. The Bertz CT molecular complexity index is 792. The van der Waals surface area contributed by atoms with Crippen molar-refractivity contribution in [2.24, 2.45) is 11.8 Å². The lowest BCUT2D eigenvalue weighted by Crippen LogP contribution is -2.47. The van der Waals surface area contributed by atoms with Gasteiger partial charge in [-0.25, -0.2) is 13.9 Å². The summed E-state index contributed by atoms with van der Waals surface area (Å²) in [6.45, 7) is 2.59. The molecule has 7 nitrogen and oxygen atoms in total. The van der Waals surface area contributed by atoms with E-state index in [1.165, 1.54) is 28.0 Å². The number of carbonyl (C=O) groups is 2. The first-order valence-electron chi connectivity index (χ1n) is 8.02. The molecule has 1 saturated heterocycles. The molecule has 1 aromatic heterocycles. The number of amides is 2. The van der Waals surface area contributed by atoms with Crippen LogP contribution in [0.25, 0.3) is 5.69 Å². The minimum absolute atomic E-state index is 0.113. The van der Waals surface area contributed by atoms with Crippen molar-refractivity contribution in [1.82, 2.24) is 14.7 Å². The van der Waals surface area contributed by atoms with Gasteiger partial charge in [-0.3, -0.25) is 4.79 Å². The van der Waals surface area contributed by atoms with Gasteiger partial charge in [0.15, 0.2) is 0 Å². The highest BCUT2D eigenvalue weighted by Gasteiger charge is 2.32. The number of carboxylic acid groups (broad SMARTS) is 1. The SMILES string of the molecule is CC1CC(C(=O)O)CN(C(=O)Nc2cnn(-c3ccccc3F)c2)C1. The summed E-state index contributed by atoms with van der Waals surface area (Å²) in [5.41, 5.74) is 0.693. The minimum atomic E-state index is -0.892. The highest BCUT2D eigenvalue weighted by molar-refractivity contribution is 5.89. The van der Waals surface area contributed by atoms with Gasteiger partial charge in [0.05, 0.1) is 24.0 Å². The van der Waals surface area contributed by atoms with Crippen LogP contribution in [0.15, 0.2) is 36.7 Å². The average molecular weight is 346 g/mol. The van der Waals surface area contributed by atoms with E-state index in [-0.39, 0.29) is 24.2 Å². The normalized spacial score (nSPS) is 20.3. The molecule has 2 amide bonds. The summed E-state index contributed by atoms with van der Waals surface area (Å²) in [5, 5.41) is 15.9. The third kappa shape index (κ3) is 3.78. The maximum atomic E-state index is 13.8. The molecule has 1 fully saturated rings. The fourth-order valence-electron chi connectivity index (χ4n) is 3.06. The van der Waals surface area contributed by atoms with Crippen LogP contribution in [0.4, 0.5) is 14.9 Å². The van der Waals surface area contributed by atoms with E-state index in [9.17, 15) is 19.1 Å². The second kappa shape index (κ2) is 6.92. The molecular formula is C17H19FN4O3. The molecular weight excluding hydrogens is 327 g/mol. The lowest BCUT2D eigenvalue weighted by molar-refractivity contribution is -0.143. The number of aliphatic carboxylic acids is 1. The van der Waals surface area contributed by atoms with Crippen molar-refractivity contribution >= 4 is 17.7 Å². The summed E-state index contributed by atoms with van der Waals surface area (Å²) in [7, 11) is 0. The number of nitrogens with one attached hydrogen (secondary N) is 1. The number of nitrogens with zero attached hydrogens (tertiary/aromatic N) is 3. The molecule has 132 valence electrons. The lowest BCUT2D eigenvalue weighted by atomic mass is 9.91. The molecule has 2 heterocycles. The lowest BCUT2D eigenvalue weighted by Gasteiger charge is -2.34. The molecule has 8 heteroatoms. The number of likely N-dealkylation sites (tertiary alicyclic amines) is 1. The number of aromatic nitrogens is 2. The van der Waals surface area contributed by atoms with E-state index >= 15 is 0 Å². The number of hydrogen-bond acceptors (Lipinski definition) is 3. The van der Waals surface area contributed by atoms with Crippen molar-refractivity contribution in [1.29, 1.82) is 0 Å². The summed E-state index contributed by atoms with van der Waals surface area (Å²) in [4.78, 5) is 25.1. The van der Waals surface area contributed by atoms with E-state index in [1.54, 1.807) is 18.2 Å². The summed E-state index contributed by atoms with van der Waals surface area (Å²) >= 11 is 0. The van der Waals surface area contributed by atoms with Gasteiger partial charge in [0.2, 0.25) is 0 Å². The van der Waals surface area contributed by atoms with Crippen molar-refractivity contribution in [3.63, 3.8) is 0 Å². The number of halogens is 1. The monoisotopic (exact) mass is 346 g/mol. The first kappa shape index (κ1) is 16.9. The highest BCUT2D eigenvalue weighted by atomic mass is 19.1. The smallest absolute Gasteiger partial charge is 0.321 e. The molecule has 1 aromatic carbocycles. The van der Waals surface area contributed by atoms with E-state index in [2.05, 4.69) is 10.4 Å². The molecule has 2 unspecified atom stereocenters. The first-order chi connectivity index (χ1) is 11.9. The van der Waals surface area contributed by atoms with Gasteiger partial charge in [-0.05, 0) is 24.5 Å². The second-order valence-corrected chi connectivity index (χ2v) is 6.34. The van der Waals surface area contributed by atoms with Crippen LogP contribution < -0.4 is 5.32 Å². The fraction of sp³-hybridized carbons (Fsp3) is 0.353. The number of carbonyl (C=O) groups excluding carboxylic acids is 1.